The van der Waals surface area contributed by atoms with E-state index >= 15 is 0 Å². The smallest absolute Gasteiger partial charge is 0.318 e. The largest absolute Gasteiger partial charge is 0.465 e. The average Bonchev–Trinajstić information content (AvgIpc) is 3.13. The summed E-state index contributed by atoms with van der Waals surface area (Å²) in [6.45, 7) is 6.42. The number of aryl methyl sites for hydroxylation is 2. The molecule has 1 aromatic heterocycles. The summed E-state index contributed by atoms with van der Waals surface area (Å²) in [5.41, 5.74) is 4.31. The monoisotopic (exact) mass is 324 g/mol. The second-order valence-corrected chi connectivity index (χ2v) is 6.68. The van der Waals surface area contributed by atoms with E-state index in [0.717, 1.165) is 59.8 Å². The van der Waals surface area contributed by atoms with Gasteiger partial charge in [-0.25, -0.2) is 0 Å². The number of hydrogen-bond donors (Lipinski definition) is 1. The van der Waals surface area contributed by atoms with Gasteiger partial charge in [-0.05, 0) is 50.3 Å². The quantitative estimate of drug-likeness (QED) is 0.835. The minimum atomic E-state index is -0.584. The van der Waals surface area contributed by atoms with Gasteiger partial charge in [0.2, 0.25) is 0 Å². The van der Waals surface area contributed by atoms with Gasteiger partial charge in [-0.2, -0.15) is 5.26 Å². The van der Waals surface area contributed by atoms with Crippen LogP contribution in [0.5, 0.6) is 0 Å². The average molecular weight is 324 g/mol. The van der Waals surface area contributed by atoms with E-state index in [-0.39, 0.29) is 5.97 Å². The fraction of sp³-hybridized carbons (Fsp3) is 0.500. The summed E-state index contributed by atoms with van der Waals surface area (Å²) in [5.74, 6) is -0.125. The van der Waals surface area contributed by atoms with Crippen molar-refractivity contribution in [3.05, 3.63) is 34.5 Å². The third kappa shape index (κ3) is 2.31. The van der Waals surface area contributed by atoms with E-state index in [2.05, 4.69) is 18.0 Å². The first-order valence-electron chi connectivity index (χ1n) is 8.81. The number of H-pyrrole nitrogens is 1. The number of nitrogens with zero attached hydrogens (tertiary/aromatic N) is 1. The molecule has 1 aliphatic rings. The van der Waals surface area contributed by atoms with Crippen molar-refractivity contribution < 1.29 is 9.53 Å². The molecule has 24 heavy (non-hydrogen) atoms. The van der Waals surface area contributed by atoms with Crippen molar-refractivity contribution in [2.75, 3.05) is 6.61 Å². The van der Waals surface area contributed by atoms with Gasteiger partial charge in [-0.1, -0.05) is 25.8 Å². The lowest BCUT2D eigenvalue weighted by molar-refractivity contribution is -0.150. The highest BCUT2D eigenvalue weighted by molar-refractivity contribution is 5.96. The first kappa shape index (κ1) is 16.6. The number of fused-ring (bicyclic) bond motifs is 3. The highest BCUT2D eigenvalue weighted by Gasteiger charge is 2.48. The summed E-state index contributed by atoms with van der Waals surface area (Å²) in [7, 11) is 0. The van der Waals surface area contributed by atoms with E-state index in [1.165, 1.54) is 0 Å². The molecule has 1 aliphatic carbocycles. The molecule has 4 heteroatoms. The number of nitriles is 1. The molecule has 1 atom stereocenters. The molecular formula is C20H24N2O2. The predicted octanol–water partition coefficient (Wildman–Crippen LogP) is 4.29. The number of carbonyl (C=O) groups is 1. The van der Waals surface area contributed by atoms with Gasteiger partial charge in [0.25, 0.3) is 0 Å². The molecule has 1 aromatic carbocycles. The molecule has 3 rings (SSSR count). The second kappa shape index (κ2) is 6.32. The van der Waals surface area contributed by atoms with Crippen LogP contribution in [0, 0.1) is 18.3 Å². The number of ether oxygens (including phenoxy) is 1. The summed E-state index contributed by atoms with van der Waals surface area (Å²) in [4.78, 5) is 16.4. The van der Waals surface area contributed by atoms with Crippen LogP contribution in [0.3, 0.4) is 0 Å². The van der Waals surface area contributed by atoms with E-state index < -0.39 is 5.41 Å². The molecule has 0 bridgehead atoms. The number of hydrogen-bond acceptors (Lipinski definition) is 3. The molecule has 1 N–H and O–H groups in total. The van der Waals surface area contributed by atoms with Crippen LogP contribution in [0.2, 0.25) is 0 Å². The zero-order valence-electron chi connectivity index (χ0n) is 14.7. The van der Waals surface area contributed by atoms with Gasteiger partial charge in [-0.15, -0.1) is 0 Å². The van der Waals surface area contributed by atoms with Crippen LogP contribution in [0.4, 0.5) is 0 Å². The van der Waals surface area contributed by atoms with Crippen LogP contribution in [0.15, 0.2) is 12.1 Å². The Hall–Kier alpha value is -2.28. The lowest BCUT2D eigenvalue weighted by Crippen LogP contribution is -2.36. The number of benzene rings is 1. The number of rotatable bonds is 5. The summed E-state index contributed by atoms with van der Waals surface area (Å²) in [6.07, 6.45) is 4.40. The van der Waals surface area contributed by atoms with Gasteiger partial charge in [0, 0.05) is 11.1 Å². The molecule has 0 aliphatic heterocycles. The zero-order chi connectivity index (χ0) is 17.3. The Morgan fingerprint density at radius 3 is 2.88 bits per heavy atom. The van der Waals surface area contributed by atoms with Crippen molar-refractivity contribution in [2.45, 2.75) is 58.3 Å². The summed E-state index contributed by atoms with van der Waals surface area (Å²) in [6, 6.07) is 6.14. The number of unbranched alkanes of at least 4 members (excludes halogenated alkanes) is 1. The number of nitrogens with one attached hydrogen (secondary N) is 1. The first-order valence-corrected chi connectivity index (χ1v) is 8.81. The van der Waals surface area contributed by atoms with Crippen LogP contribution in [0.25, 0.3) is 10.9 Å². The Labute approximate surface area is 142 Å². The van der Waals surface area contributed by atoms with Gasteiger partial charge in [0.15, 0.2) is 0 Å². The predicted molar refractivity (Wildman–Crippen MR) is 93.9 cm³/mol. The lowest BCUT2D eigenvalue weighted by atomic mass is 9.80. The highest BCUT2D eigenvalue weighted by Crippen LogP contribution is 2.47. The molecule has 0 radical (unpaired) electrons. The van der Waals surface area contributed by atoms with Crippen molar-refractivity contribution in [3.63, 3.8) is 0 Å². The number of carbonyl (C=O) groups excluding carboxylic acids is 1. The van der Waals surface area contributed by atoms with Crippen molar-refractivity contribution in [1.29, 1.82) is 5.26 Å². The fourth-order valence-corrected chi connectivity index (χ4v) is 4.03. The molecule has 0 saturated carbocycles. The normalized spacial score (nSPS) is 19.2. The molecule has 0 fully saturated rings. The topological polar surface area (TPSA) is 65.9 Å². The van der Waals surface area contributed by atoms with Crippen molar-refractivity contribution in [3.8, 4) is 6.07 Å². The Bertz CT molecular complexity index is 828. The number of esters is 1. The molecular weight excluding hydrogens is 300 g/mol. The molecule has 0 spiro atoms. The number of aromatic amines is 1. The fourth-order valence-electron chi connectivity index (χ4n) is 4.03. The van der Waals surface area contributed by atoms with Crippen LogP contribution in [-0.4, -0.2) is 17.6 Å². The summed E-state index contributed by atoms with van der Waals surface area (Å²) in [5, 5.41) is 10.5. The summed E-state index contributed by atoms with van der Waals surface area (Å²) < 4.78 is 5.44. The maximum absolute atomic E-state index is 12.8. The third-order valence-corrected chi connectivity index (χ3v) is 5.29. The Morgan fingerprint density at radius 1 is 1.42 bits per heavy atom. The van der Waals surface area contributed by atoms with Gasteiger partial charge in [0.1, 0.15) is 5.41 Å². The Morgan fingerprint density at radius 2 is 2.21 bits per heavy atom. The maximum Gasteiger partial charge on any atom is 0.318 e. The molecule has 4 nitrogen and oxygen atoms in total. The van der Waals surface area contributed by atoms with Gasteiger partial charge in [0.05, 0.1) is 23.8 Å². The van der Waals surface area contributed by atoms with Crippen molar-refractivity contribution in [2.24, 2.45) is 0 Å². The molecule has 0 saturated heterocycles. The van der Waals surface area contributed by atoms with Crippen LogP contribution in [0.1, 0.15) is 61.9 Å². The van der Waals surface area contributed by atoms with Gasteiger partial charge >= 0.3 is 5.97 Å². The highest BCUT2D eigenvalue weighted by atomic mass is 16.5. The van der Waals surface area contributed by atoms with Crippen LogP contribution < -0.4 is 0 Å². The third-order valence-electron chi connectivity index (χ3n) is 5.29. The molecule has 1 unspecified atom stereocenters. The van der Waals surface area contributed by atoms with Crippen LogP contribution >= 0.6 is 0 Å². The molecule has 1 heterocycles. The van der Waals surface area contributed by atoms with Crippen LogP contribution in [-0.2, 0) is 21.4 Å². The van der Waals surface area contributed by atoms with Gasteiger partial charge < -0.3 is 9.72 Å². The van der Waals surface area contributed by atoms with Crippen molar-refractivity contribution >= 4 is 16.9 Å². The second-order valence-electron chi connectivity index (χ2n) is 6.68. The molecule has 2 aromatic rings. The SMILES string of the molecule is CCCCC1(C(=O)OCC)CCc2c1[nH]c1c(C)ccc(C#N)c21. The van der Waals surface area contributed by atoms with E-state index in [4.69, 9.17) is 4.74 Å². The van der Waals surface area contributed by atoms with E-state index in [9.17, 15) is 10.1 Å². The first-order chi connectivity index (χ1) is 11.6. The molecule has 126 valence electrons. The lowest BCUT2D eigenvalue weighted by Gasteiger charge is -2.27. The minimum Gasteiger partial charge on any atom is -0.465 e. The van der Waals surface area contributed by atoms with E-state index in [1.54, 1.807) is 0 Å². The standard InChI is InChI=1S/C20H24N2O2/c1-4-6-10-20(19(23)24-5-2)11-9-15-16-14(12-21)8-7-13(3)17(16)22-18(15)20/h7-8,22H,4-6,9-11H2,1-3H3. The zero-order valence-corrected chi connectivity index (χ0v) is 14.7. The van der Waals surface area contributed by atoms with Crippen molar-refractivity contribution in [1.82, 2.24) is 4.98 Å². The Balaban J connectivity index is 2.22. The van der Waals surface area contributed by atoms with E-state index in [0.29, 0.717) is 12.2 Å². The number of aromatic nitrogens is 1. The molecule has 0 amide bonds. The Kier molecular flexibility index (Phi) is 4.36. The minimum absolute atomic E-state index is 0.125. The van der Waals surface area contributed by atoms with E-state index in [1.807, 2.05) is 26.0 Å². The summed E-state index contributed by atoms with van der Waals surface area (Å²) >= 11 is 0. The maximum atomic E-state index is 12.8. The van der Waals surface area contributed by atoms with Gasteiger partial charge in [-0.3, -0.25) is 4.79 Å².